The number of benzene rings is 1. The van der Waals surface area contributed by atoms with Gasteiger partial charge in [0.15, 0.2) is 0 Å². The van der Waals surface area contributed by atoms with Gasteiger partial charge in [0.25, 0.3) is 10.0 Å². The minimum absolute atomic E-state index is 0.212. The Morgan fingerprint density at radius 3 is 2.69 bits per heavy atom. The van der Waals surface area contributed by atoms with E-state index in [1.807, 2.05) is 30.3 Å². The van der Waals surface area contributed by atoms with Gasteiger partial charge in [0.2, 0.25) is 5.91 Å². The van der Waals surface area contributed by atoms with E-state index in [9.17, 15) is 13.2 Å². The fourth-order valence-electron chi connectivity index (χ4n) is 2.34. The summed E-state index contributed by atoms with van der Waals surface area (Å²) in [5.41, 5.74) is 1.61. The molecule has 0 saturated carbocycles. The van der Waals surface area contributed by atoms with E-state index in [4.69, 9.17) is 0 Å². The Morgan fingerprint density at radius 1 is 1.23 bits per heavy atom. The summed E-state index contributed by atoms with van der Waals surface area (Å²) >= 11 is 1.12. The van der Waals surface area contributed by atoms with Crippen molar-refractivity contribution in [2.24, 2.45) is 0 Å². The molecule has 26 heavy (non-hydrogen) atoms. The minimum atomic E-state index is -3.65. The van der Waals surface area contributed by atoms with Crippen LogP contribution < -0.4 is 5.32 Å². The van der Waals surface area contributed by atoms with Gasteiger partial charge in [0, 0.05) is 13.2 Å². The molecule has 1 aromatic carbocycles. The maximum atomic E-state index is 12.3. The van der Waals surface area contributed by atoms with Crippen molar-refractivity contribution in [1.29, 1.82) is 0 Å². The Bertz CT molecular complexity index is 967. The van der Waals surface area contributed by atoms with Gasteiger partial charge >= 0.3 is 0 Å². The monoisotopic (exact) mass is 390 g/mol. The lowest BCUT2D eigenvalue weighted by Crippen LogP contribution is -2.34. The highest BCUT2D eigenvalue weighted by molar-refractivity contribution is 7.91. The van der Waals surface area contributed by atoms with Gasteiger partial charge < -0.3 is 5.32 Å². The van der Waals surface area contributed by atoms with E-state index < -0.39 is 15.9 Å². The molecule has 2 aromatic heterocycles. The van der Waals surface area contributed by atoms with Crippen LogP contribution in [0.1, 0.15) is 5.56 Å². The second-order valence-electron chi connectivity index (χ2n) is 5.65. The first-order valence-corrected chi connectivity index (χ1v) is 10.1. The van der Waals surface area contributed by atoms with Crippen molar-refractivity contribution in [1.82, 2.24) is 14.1 Å². The fourth-order valence-corrected chi connectivity index (χ4v) is 4.66. The lowest BCUT2D eigenvalue weighted by Gasteiger charge is -2.15. The molecule has 9 heteroatoms. The molecule has 0 aliphatic rings. The maximum absolute atomic E-state index is 12.3. The molecular weight excluding hydrogens is 372 g/mol. The molecule has 1 N–H and O–H groups in total. The summed E-state index contributed by atoms with van der Waals surface area (Å²) < 4.78 is 27.6. The number of hydrogen-bond donors (Lipinski definition) is 1. The Hall–Kier alpha value is -2.49. The molecule has 0 bridgehead atoms. The number of anilines is 1. The van der Waals surface area contributed by atoms with Crippen LogP contribution in [0, 0.1) is 0 Å². The number of carbonyl (C=O) groups excluding carboxylic acids is 1. The fraction of sp³-hybridized carbons (Fsp3) is 0.176. The second-order valence-corrected chi connectivity index (χ2v) is 8.87. The summed E-state index contributed by atoms with van der Waals surface area (Å²) in [4.78, 5) is 12.2. The number of rotatable bonds is 7. The molecule has 1 amide bonds. The van der Waals surface area contributed by atoms with Gasteiger partial charge in [-0.3, -0.25) is 9.48 Å². The molecule has 0 radical (unpaired) electrons. The Kier molecular flexibility index (Phi) is 5.50. The summed E-state index contributed by atoms with van der Waals surface area (Å²) in [6, 6.07) is 13.0. The van der Waals surface area contributed by atoms with Crippen LogP contribution in [-0.2, 0) is 21.4 Å². The van der Waals surface area contributed by atoms with Crippen molar-refractivity contribution < 1.29 is 13.2 Å². The number of nitrogens with zero attached hydrogens (tertiary/aromatic N) is 3. The highest BCUT2D eigenvalue weighted by Crippen LogP contribution is 2.19. The lowest BCUT2D eigenvalue weighted by molar-refractivity contribution is -0.116. The molecule has 7 nitrogen and oxygen atoms in total. The Balaban J connectivity index is 1.58. The van der Waals surface area contributed by atoms with E-state index >= 15 is 0 Å². The standard InChI is InChI=1S/C17H18N4O3S2/c1-20(26(23,24)17-8-5-9-25-17)13-16(22)19-15-10-18-21(12-15)11-14-6-3-2-4-7-14/h2-10,12H,11,13H2,1H3,(H,19,22). The van der Waals surface area contributed by atoms with Gasteiger partial charge in [-0.1, -0.05) is 36.4 Å². The normalized spacial score (nSPS) is 11.6. The molecule has 0 fully saturated rings. The number of carbonyl (C=O) groups is 1. The summed E-state index contributed by atoms with van der Waals surface area (Å²) in [6.07, 6.45) is 3.24. The first-order valence-electron chi connectivity index (χ1n) is 7.81. The van der Waals surface area contributed by atoms with Gasteiger partial charge in [-0.25, -0.2) is 8.42 Å². The van der Waals surface area contributed by atoms with Crippen LogP contribution in [0.3, 0.4) is 0 Å². The second kappa shape index (κ2) is 7.81. The average Bonchev–Trinajstić information content (AvgIpc) is 3.28. The quantitative estimate of drug-likeness (QED) is 0.671. The van der Waals surface area contributed by atoms with Crippen molar-refractivity contribution in [3.05, 3.63) is 65.8 Å². The van der Waals surface area contributed by atoms with Crippen LogP contribution >= 0.6 is 11.3 Å². The highest BCUT2D eigenvalue weighted by Gasteiger charge is 2.23. The zero-order valence-corrected chi connectivity index (χ0v) is 15.7. The molecule has 3 rings (SSSR count). The van der Waals surface area contributed by atoms with E-state index in [0.717, 1.165) is 21.2 Å². The third-order valence-electron chi connectivity index (χ3n) is 3.63. The van der Waals surface area contributed by atoms with Crippen LogP contribution in [0.4, 0.5) is 5.69 Å². The number of amides is 1. The Labute approximate surface area is 155 Å². The van der Waals surface area contributed by atoms with Crippen LogP contribution in [0.25, 0.3) is 0 Å². The average molecular weight is 390 g/mol. The van der Waals surface area contributed by atoms with Crippen LogP contribution in [-0.4, -0.2) is 42.0 Å². The molecule has 3 aromatic rings. The van der Waals surface area contributed by atoms with Gasteiger partial charge in [0.1, 0.15) is 4.21 Å². The summed E-state index contributed by atoms with van der Waals surface area (Å²) in [5.74, 6) is -0.424. The Morgan fingerprint density at radius 2 is 2.00 bits per heavy atom. The van der Waals surface area contributed by atoms with E-state index in [0.29, 0.717) is 12.2 Å². The van der Waals surface area contributed by atoms with E-state index in [2.05, 4.69) is 10.4 Å². The van der Waals surface area contributed by atoms with Gasteiger partial charge in [-0.15, -0.1) is 11.3 Å². The van der Waals surface area contributed by atoms with Gasteiger partial charge in [-0.05, 0) is 17.0 Å². The van der Waals surface area contributed by atoms with Gasteiger partial charge in [-0.2, -0.15) is 9.40 Å². The van der Waals surface area contributed by atoms with Crippen molar-refractivity contribution in [3.63, 3.8) is 0 Å². The zero-order chi connectivity index (χ0) is 18.6. The van der Waals surface area contributed by atoms with Crippen LogP contribution in [0.2, 0.25) is 0 Å². The number of sulfonamides is 1. The first kappa shape index (κ1) is 18.3. The van der Waals surface area contributed by atoms with Crippen LogP contribution in [0.5, 0.6) is 0 Å². The molecular formula is C17H18N4O3S2. The van der Waals surface area contributed by atoms with E-state index in [1.54, 1.807) is 22.3 Å². The zero-order valence-electron chi connectivity index (χ0n) is 14.1. The summed E-state index contributed by atoms with van der Waals surface area (Å²) in [6.45, 7) is 0.313. The number of thiophene rings is 1. The number of hydrogen-bond acceptors (Lipinski definition) is 5. The lowest BCUT2D eigenvalue weighted by atomic mass is 10.2. The number of nitrogens with one attached hydrogen (secondary N) is 1. The molecule has 0 saturated heterocycles. The van der Waals surface area contributed by atoms with Crippen molar-refractivity contribution in [2.45, 2.75) is 10.8 Å². The smallest absolute Gasteiger partial charge is 0.252 e. The molecule has 136 valence electrons. The molecule has 0 aliphatic heterocycles. The summed E-state index contributed by atoms with van der Waals surface area (Å²) in [7, 11) is -2.27. The highest BCUT2D eigenvalue weighted by atomic mass is 32.2. The van der Waals surface area contributed by atoms with Crippen LogP contribution in [0.15, 0.2) is 64.4 Å². The largest absolute Gasteiger partial charge is 0.322 e. The third-order valence-corrected chi connectivity index (χ3v) is 6.81. The van der Waals surface area contributed by atoms with Crippen molar-refractivity contribution in [3.8, 4) is 0 Å². The number of likely N-dealkylation sites (N-methyl/N-ethyl adjacent to an activating group) is 1. The summed E-state index contributed by atoms with van der Waals surface area (Å²) in [5, 5.41) is 8.56. The molecule has 2 heterocycles. The van der Waals surface area contributed by atoms with Gasteiger partial charge in [0.05, 0.1) is 25.0 Å². The SMILES string of the molecule is CN(CC(=O)Nc1cnn(Cc2ccccc2)c1)S(=O)(=O)c1cccs1. The minimum Gasteiger partial charge on any atom is -0.322 e. The van der Waals surface area contributed by atoms with E-state index in [-0.39, 0.29) is 10.8 Å². The van der Waals surface area contributed by atoms with E-state index in [1.165, 1.54) is 19.3 Å². The predicted molar refractivity (Wildman–Crippen MR) is 101 cm³/mol. The molecule has 0 unspecified atom stereocenters. The number of aromatic nitrogens is 2. The molecule has 0 aliphatic carbocycles. The first-order chi connectivity index (χ1) is 12.4. The molecule has 0 atom stereocenters. The van der Waals surface area contributed by atoms with Crippen molar-refractivity contribution >= 4 is 33.0 Å². The molecule has 0 spiro atoms. The third kappa shape index (κ3) is 4.37. The van der Waals surface area contributed by atoms with Crippen molar-refractivity contribution in [2.75, 3.05) is 18.9 Å². The maximum Gasteiger partial charge on any atom is 0.252 e. The topological polar surface area (TPSA) is 84.3 Å². The predicted octanol–water partition coefficient (Wildman–Crippen LogP) is 2.25.